The van der Waals surface area contributed by atoms with E-state index in [2.05, 4.69) is 16.4 Å². The fourth-order valence-electron chi connectivity index (χ4n) is 2.87. The van der Waals surface area contributed by atoms with Crippen LogP contribution in [0.15, 0.2) is 30.5 Å². The largest absolute Gasteiger partial charge is 0.343 e. The lowest BCUT2D eigenvalue weighted by Crippen LogP contribution is -2.42. The van der Waals surface area contributed by atoms with Gasteiger partial charge in [-0.25, -0.2) is 4.39 Å². The second kappa shape index (κ2) is 6.62. The summed E-state index contributed by atoms with van der Waals surface area (Å²) in [7, 11) is 0. The topological polar surface area (TPSA) is 86.1 Å². The van der Waals surface area contributed by atoms with Gasteiger partial charge in [0.1, 0.15) is 11.9 Å². The van der Waals surface area contributed by atoms with E-state index in [0.29, 0.717) is 23.9 Å². The van der Waals surface area contributed by atoms with Crippen LogP contribution in [-0.4, -0.2) is 40.8 Å². The number of carbonyl (C=O) groups excluding carboxylic acids is 2. The highest BCUT2D eigenvalue weighted by atomic mass is 18.2. The second-order valence-electron chi connectivity index (χ2n) is 5.58. The molecule has 0 unspecified atom stereocenters. The fraction of sp³-hybridized carbons (Fsp3) is 0.294. The van der Waals surface area contributed by atoms with E-state index in [1.807, 2.05) is 0 Å². The standard InChI is InChI=1S/C17H15FN4O2/c18-11-3-4-15-14(8-11)13(5-6-20-15)17(24)21-10-16(23)22-7-1-2-12(22)9-19/h3-6,8,12H,1-2,7,10H2,(H,21,24)/t12-/m0/s1/i18-1. The summed E-state index contributed by atoms with van der Waals surface area (Å²) in [5, 5.41) is 11.9. The summed E-state index contributed by atoms with van der Waals surface area (Å²) >= 11 is 0. The molecule has 1 aliphatic heterocycles. The van der Waals surface area contributed by atoms with E-state index < -0.39 is 17.8 Å². The van der Waals surface area contributed by atoms with Gasteiger partial charge in [0, 0.05) is 18.1 Å². The molecule has 0 radical (unpaired) electrons. The maximum absolute atomic E-state index is 13.4. The zero-order valence-electron chi connectivity index (χ0n) is 12.8. The maximum atomic E-state index is 13.4. The lowest BCUT2D eigenvalue weighted by Gasteiger charge is -2.19. The number of nitrogens with one attached hydrogen (secondary N) is 1. The van der Waals surface area contributed by atoms with Crippen molar-refractivity contribution < 1.29 is 14.0 Å². The van der Waals surface area contributed by atoms with Gasteiger partial charge in [0.25, 0.3) is 5.91 Å². The summed E-state index contributed by atoms with van der Waals surface area (Å²) in [5.41, 5.74) is 0.755. The van der Waals surface area contributed by atoms with Crippen molar-refractivity contribution in [2.24, 2.45) is 0 Å². The molecule has 1 aliphatic rings. The molecule has 1 N–H and O–H groups in total. The number of hydrogen-bond donors (Lipinski definition) is 1. The van der Waals surface area contributed by atoms with E-state index in [1.165, 1.54) is 35.4 Å². The van der Waals surface area contributed by atoms with Crippen LogP contribution in [0.25, 0.3) is 10.9 Å². The number of rotatable bonds is 3. The van der Waals surface area contributed by atoms with Crippen LogP contribution >= 0.6 is 0 Å². The van der Waals surface area contributed by atoms with Gasteiger partial charge in [-0.15, -0.1) is 0 Å². The number of fused-ring (bicyclic) bond motifs is 1. The van der Waals surface area contributed by atoms with Gasteiger partial charge in [-0.3, -0.25) is 14.6 Å². The average molecular weight is 325 g/mol. The van der Waals surface area contributed by atoms with E-state index in [9.17, 15) is 14.0 Å². The Morgan fingerprint density at radius 1 is 1.42 bits per heavy atom. The van der Waals surface area contributed by atoms with Crippen LogP contribution < -0.4 is 5.32 Å². The maximum Gasteiger partial charge on any atom is 0.252 e. The Morgan fingerprint density at radius 3 is 3.04 bits per heavy atom. The van der Waals surface area contributed by atoms with Crippen molar-refractivity contribution >= 4 is 22.7 Å². The first-order valence-electron chi connectivity index (χ1n) is 7.61. The third kappa shape index (κ3) is 3.04. The molecule has 2 amide bonds. The fourth-order valence-corrected chi connectivity index (χ4v) is 2.87. The second-order valence-corrected chi connectivity index (χ2v) is 5.58. The van der Waals surface area contributed by atoms with Gasteiger partial charge in [0.15, 0.2) is 0 Å². The highest BCUT2D eigenvalue weighted by Gasteiger charge is 2.28. The molecule has 0 aliphatic carbocycles. The number of hydrogen-bond acceptors (Lipinski definition) is 4. The number of nitrogens with zero attached hydrogens (tertiary/aromatic N) is 3. The molecule has 0 spiro atoms. The minimum Gasteiger partial charge on any atom is -0.343 e. The summed E-state index contributed by atoms with van der Waals surface area (Å²) in [6.45, 7) is 0.326. The minimum absolute atomic E-state index is 0.198. The van der Waals surface area contributed by atoms with E-state index in [4.69, 9.17) is 5.26 Å². The molecule has 0 bridgehead atoms. The summed E-state index contributed by atoms with van der Waals surface area (Å²) in [6.07, 6.45) is 2.90. The molecule has 1 atom stereocenters. The predicted octanol–water partition coefficient (Wildman–Crippen LogP) is 1.62. The van der Waals surface area contributed by atoms with Gasteiger partial charge in [-0.1, -0.05) is 0 Å². The normalized spacial score (nSPS) is 16.8. The lowest BCUT2D eigenvalue weighted by atomic mass is 10.1. The smallest absolute Gasteiger partial charge is 0.252 e. The van der Waals surface area contributed by atoms with Crippen molar-refractivity contribution in [3.8, 4) is 6.07 Å². The molecular formula is C17H15FN4O2. The number of halogens is 1. The van der Waals surface area contributed by atoms with Crippen LogP contribution in [0.3, 0.4) is 0 Å². The summed E-state index contributed by atoms with van der Waals surface area (Å²) in [6, 6.07) is 7.15. The number of pyridine rings is 1. The van der Waals surface area contributed by atoms with Crippen molar-refractivity contribution in [2.75, 3.05) is 13.1 Å². The molecule has 24 heavy (non-hydrogen) atoms. The van der Waals surface area contributed by atoms with Gasteiger partial charge in [0.05, 0.1) is 23.7 Å². The molecule has 6 nitrogen and oxygen atoms in total. The highest BCUT2D eigenvalue weighted by Crippen LogP contribution is 2.18. The van der Waals surface area contributed by atoms with Crippen LogP contribution in [0.2, 0.25) is 0 Å². The van der Waals surface area contributed by atoms with E-state index in [0.717, 1.165) is 6.42 Å². The van der Waals surface area contributed by atoms with Gasteiger partial charge >= 0.3 is 0 Å². The summed E-state index contributed by atoms with van der Waals surface area (Å²) < 4.78 is 13.4. The quantitative estimate of drug-likeness (QED) is 0.929. The van der Waals surface area contributed by atoms with Crippen molar-refractivity contribution in [3.05, 3.63) is 41.8 Å². The van der Waals surface area contributed by atoms with Gasteiger partial charge < -0.3 is 10.2 Å². The van der Waals surface area contributed by atoms with Crippen LogP contribution in [0.5, 0.6) is 0 Å². The molecule has 0 saturated carbocycles. The first kappa shape index (κ1) is 15.9. The molecular weight excluding hydrogens is 310 g/mol. The van der Waals surface area contributed by atoms with Crippen LogP contribution in [0.4, 0.5) is 4.39 Å². The number of benzene rings is 1. The lowest BCUT2D eigenvalue weighted by molar-refractivity contribution is -0.130. The van der Waals surface area contributed by atoms with Crippen LogP contribution in [0.1, 0.15) is 23.2 Å². The molecule has 1 aromatic heterocycles. The Labute approximate surface area is 137 Å². The molecule has 3 rings (SSSR count). The molecule has 1 saturated heterocycles. The molecule has 1 aromatic carbocycles. The zero-order valence-corrected chi connectivity index (χ0v) is 12.8. The third-order valence-electron chi connectivity index (χ3n) is 4.07. The Balaban J connectivity index is 1.73. The zero-order chi connectivity index (χ0) is 17.1. The summed E-state index contributed by atoms with van der Waals surface area (Å²) in [4.78, 5) is 30.1. The first-order valence-corrected chi connectivity index (χ1v) is 7.61. The minimum atomic E-state index is -0.478. The van der Waals surface area contributed by atoms with Crippen molar-refractivity contribution in [1.82, 2.24) is 15.2 Å². The monoisotopic (exact) mass is 325 g/mol. The summed E-state index contributed by atoms with van der Waals surface area (Å²) in [5.74, 6) is -1.24. The Morgan fingerprint density at radius 2 is 2.25 bits per heavy atom. The average Bonchev–Trinajstić information content (AvgIpc) is 3.07. The SMILES string of the molecule is N#C[C@@H]1CCCN1C(=O)CNC(=O)c1ccnc2ccc([18F])cc12. The molecule has 2 aromatic rings. The molecule has 1 fully saturated rings. The van der Waals surface area contributed by atoms with E-state index >= 15 is 0 Å². The Hall–Kier alpha value is -3.01. The van der Waals surface area contributed by atoms with Crippen molar-refractivity contribution in [3.63, 3.8) is 0 Å². The number of carbonyl (C=O) groups is 2. The molecule has 2 heterocycles. The predicted molar refractivity (Wildman–Crippen MR) is 84.4 cm³/mol. The van der Waals surface area contributed by atoms with Gasteiger partial charge in [-0.05, 0) is 37.1 Å². The first-order chi connectivity index (χ1) is 11.6. The Kier molecular flexibility index (Phi) is 4.38. The molecule has 122 valence electrons. The number of nitriles is 1. The number of amides is 2. The number of likely N-dealkylation sites (tertiary alicyclic amines) is 1. The van der Waals surface area contributed by atoms with Crippen LogP contribution in [-0.2, 0) is 4.79 Å². The highest BCUT2D eigenvalue weighted by molar-refractivity contribution is 6.06. The van der Waals surface area contributed by atoms with Crippen LogP contribution in [0, 0.1) is 17.1 Å². The van der Waals surface area contributed by atoms with E-state index in [-0.39, 0.29) is 18.0 Å². The number of aromatic nitrogens is 1. The molecule has 7 heteroatoms. The van der Waals surface area contributed by atoms with Gasteiger partial charge in [-0.2, -0.15) is 5.26 Å². The van der Waals surface area contributed by atoms with Crippen molar-refractivity contribution in [2.45, 2.75) is 18.9 Å². The van der Waals surface area contributed by atoms with Crippen molar-refractivity contribution in [1.29, 1.82) is 5.26 Å². The van der Waals surface area contributed by atoms with E-state index in [1.54, 1.807) is 0 Å². The van der Waals surface area contributed by atoms with Gasteiger partial charge in [0.2, 0.25) is 5.91 Å². The Bertz CT molecular complexity index is 846. The third-order valence-corrected chi connectivity index (χ3v) is 4.07.